The number of nitrogens with zero attached hydrogens (tertiary/aromatic N) is 3. The van der Waals surface area contributed by atoms with Crippen LogP contribution in [0, 0.1) is 61.7 Å². The first kappa shape index (κ1) is 37.7. The maximum absolute atomic E-state index is 9.95. The molecule has 0 N–H and O–H groups in total. The fourth-order valence-electron chi connectivity index (χ4n) is 11.9. The van der Waals surface area contributed by atoms with E-state index in [0.717, 1.165) is 60.7 Å². The summed E-state index contributed by atoms with van der Waals surface area (Å²) in [4.78, 5) is 0. The predicted octanol–water partition coefficient (Wildman–Crippen LogP) is 16.6. The first-order valence-corrected chi connectivity index (χ1v) is 22.4. The molecule has 66 heavy (non-hydrogen) atoms. The second kappa shape index (κ2) is 13.6. The molecule has 0 heterocycles. The zero-order chi connectivity index (χ0) is 44.7. The summed E-state index contributed by atoms with van der Waals surface area (Å²) in [5, 5.41) is 41.6. The van der Waals surface area contributed by atoms with Gasteiger partial charge in [0, 0.05) is 0 Å². The number of benzene rings is 11. The summed E-state index contributed by atoms with van der Waals surface area (Å²) >= 11 is 0. The van der Waals surface area contributed by atoms with Crippen LogP contribution in [0.15, 0.2) is 152 Å². The lowest BCUT2D eigenvalue weighted by Crippen LogP contribution is -1.94. The van der Waals surface area contributed by atoms with Crippen molar-refractivity contribution in [1.29, 1.82) is 15.8 Å². The summed E-state index contributed by atoms with van der Waals surface area (Å²) in [7, 11) is 0. The molecule has 3 nitrogen and oxygen atoms in total. The van der Waals surface area contributed by atoms with Crippen LogP contribution in [-0.2, 0) is 0 Å². The zero-order valence-electron chi connectivity index (χ0n) is 36.8. The highest BCUT2D eigenvalue weighted by Crippen LogP contribution is 2.55. The number of aryl methyl sites for hydroxylation is 4. The highest BCUT2D eigenvalue weighted by atomic mass is 14.3. The molecule has 0 aromatic heterocycles. The third-order valence-corrected chi connectivity index (χ3v) is 14.7. The molecule has 0 atom stereocenters. The van der Waals surface area contributed by atoms with Crippen molar-refractivity contribution in [2.45, 2.75) is 27.7 Å². The minimum atomic E-state index is 0.644. The number of hydrogen-bond acceptors (Lipinski definition) is 3. The van der Waals surface area contributed by atoms with Crippen LogP contribution in [0.25, 0.3) is 132 Å². The van der Waals surface area contributed by atoms with Crippen molar-refractivity contribution in [3.8, 4) is 96.1 Å². The standard InChI is InChI=1S/C63H37N3/c1-33-20-37(30-64)14-16-41(33)49-24-58-57(59-27-52-45-11-6-9-40-8-5-10-44(62(40)45)51(52)26-55(49)59)25-50(42-17-15-38(31-65)21-34(42)2)56-29-54-48-19-18-47(61-35(3)22-39(32-66)23-36(61)4)43-12-7-13-46(63(43)48)53(54)28-60(56)58/h5-29H,1-4H3. The Bertz CT molecular complexity index is 4210. The average Bonchev–Trinajstić information content (AvgIpc) is 3.83. The molecule has 0 amide bonds. The second-order valence-corrected chi connectivity index (χ2v) is 18.3. The van der Waals surface area contributed by atoms with E-state index < -0.39 is 0 Å². The lowest BCUT2D eigenvalue weighted by atomic mass is 9.83. The Morgan fingerprint density at radius 1 is 0.273 bits per heavy atom. The summed E-state index contributed by atoms with van der Waals surface area (Å²) in [5.74, 6) is 0. The molecule has 13 rings (SSSR count). The Balaban J connectivity index is 1.17. The molecule has 0 unspecified atom stereocenters. The van der Waals surface area contributed by atoms with Crippen molar-refractivity contribution in [3.05, 3.63) is 191 Å². The van der Waals surface area contributed by atoms with Crippen molar-refractivity contribution in [2.75, 3.05) is 0 Å². The minimum Gasteiger partial charge on any atom is -0.192 e. The van der Waals surface area contributed by atoms with Gasteiger partial charge in [-0.25, -0.2) is 0 Å². The smallest absolute Gasteiger partial charge is 0.0991 e. The van der Waals surface area contributed by atoms with Gasteiger partial charge in [-0.15, -0.1) is 0 Å². The van der Waals surface area contributed by atoms with Crippen LogP contribution in [-0.4, -0.2) is 0 Å². The van der Waals surface area contributed by atoms with Gasteiger partial charge < -0.3 is 0 Å². The molecule has 11 aromatic carbocycles. The summed E-state index contributed by atoms with van der Waals surface area (Å²) < 4.78 is 0. The van der Waals surface area contributed by atoms with Crippen LogP contribution >= 0.6 is 0 Å². The van der Waals surface area contributed by atoms with Gasteiger partial charge in [-0.05, 0) is 254 Å². The van der Waals surface area contributed by atoms with Crippen LogP contribution in [0.5, 0.6) is 0 Å². The number of nitriles is 3. The van der Waals surface area contributed by atoms with Gasteiger partial charge in [-0.1, -0.05) is 78.9 Å². The van der Waals surface area contributed by atoms with Gasteiger partial charge in [0.1, 0.15) is 0 Å². The van der Waals surface area contributed by atoms with Gasteiger partial charge in [-0.3, -0.25) is 0 Å². The van der Waals surface area contributed by atoms with Crippen molar-refractivity contribution in [1.82, 2.24) is 0 Å². The maximum atomic E-state index is 9.95. The van der Waals surface area contributed by atoms with Gasteiger partial charge in [0.05, 0.1) is 34.9 Å². The van der Waals surface area contributed by atoms with E-state index in [1.54, 1.807) is 0 Å². The summed E-state index contributed by atoms with van der Waals surface area (Å²) in [6, 6.07) is 62.2. The zero-order valence-corrected chi connectivity index (χ0v) is 36.8. The van der Waals surface area contributed by atoms with Crippen molar-refractivity contribution < 1.29 is 0 Å². The molecule has 0 aliphatic heterocycles. The van der Waals surface area contributed by atoms with E-state index in [9.17, 15) is 15.8 Å². The van der Waals surface area contributed by atoms with Gasteiger partial charge in [-0.2, -0.15) is 15.8 Å². The highest BCUT2D eigenvalue weighted by molar-refractivity contribution is 6.29. The largest absolute Gasteiger partial charge is 0.192 e. The highest BCUT2D eigenvalue weighted by Gasteiger charge is 2.28. The monoisotopic (exact) mass is 835 g/mol. The molecular weight excluding hydrogens is 799 g/mol. The van der Waals surface area contributed by atoms with Crippen LogP contribution in [0.4, 0.5) is 0 Å². The van der Waals surface area contributed by atoms with E-state index in [4.69, 9.17) is 0 Å². The third kappa shape index (κ3) is 5.10. The van der Waals surface area contributed by atoms with Gasteiger partial charge in [0.25, 0.3) is 0 Å². The molecule has 11 aromatic rings. The SMILES string of the molecule is Cc1cc(C#N)ccc1-c1cc2c3cc4c(cc3c(-c3ccc(C#N)cc3C)cc2c2cc3c(cc12)-c1cccc2cccc-3c12)-c1ccc(-c2c(C)cc(C#N)cc2C)c2cccc-4c12. The first-order valence-electron chi connectivity index (χ1n) is 22.4. The Labute approximate surface area is 382 Å². The Kier molecular flexibility index (Phi) is 7.77. The third-order valence-electron chi connectivity index (χ3n) is 14.7. The molecule has 0 radical (unpaired) electrons. The molecule has 3 heteroatoms. The fraction of sp³-hybridized carbons (Fsp3) is 0.0635. The maximum Gasteiger partial charge on any atom is 0.0991 e. The van der Waals surface area contributed by atoms with E-state index in [1.807, 2.05) is 36.4 Å². The topological polar surface area (TPSA) is 71.4 Å². The molecule has 2 aliphatic carbocycles. The van der Waals surface area contributed by atoms with Crippen molar-refractivity contribution in [2.24, 2.45) is 0 Å². The fourth-order valence-corrected chi connectivity index (χ4v) is 11.9. The van der Waals surface area contributed by atoms with E-state index in [0.29, 0.717) is 16.7 Å². The summed E-state index contributed by atoms with van der Waals surface area (Å²) in [6.45, 7) is 8.45. The van der Waals surface area contributed by atoms with Crippen LogP contribution in [0.1, 0.15) is 38.9 Å². The summed E-state index contributed by atoms with van der Waals surface area (Å²) in [6.07, 6.45) is 0. The predicted molar refractivity (Wildman–Crippen MR) is 272 cm³/mol. The van der Waals surface area contributed by atoms with E-state index >= 15 is 0 Å². The number of fused-ring (bicyclic) bond motifs is 11. The van der Waals surface area contributed by atoms with Gasteiger partial charge >= 0.3 is 0 Å². The molecule has 304 valence electrons. The molecule has 2 aliphatic rings. The lowest BCUT2D eigenvalue weighted by Gasteiger charge is -2.20. The van der Waals surface area contributed by atoms with E-state index in [1.165, 1.54) is 93.3 Å². The molecule has 0 saturated heterocycles. The summed E-state index contributed by atoms with van der Waals surface area (Å²) in [5.41, 5.74) is 22.9. The van der Waals surface area contributed by atoms with E-state index in [-0.39, 0.29) is 0 Å². The lowest BCUT2D eigenvalue weighted by molar-refractivity contribution is 1.35. The quantitative estimate of drug-likeness (QED) is 0.166. The molecule has 0 bridgehead atoms. The molecule has 0 saturated carbocycles. The van der Waals surface area contributed by atoms with Crippen LogP contribution in [0.3, 0.4) is 0 Å². The van der Waals surface area contributed by atoms with Crippen LogP contribution < -0.4 is 0 Å². The normalized spacial score (nSPS) is 11.9. The Morgan fingerprint density at radius 3 is 1.14 bits per heavy atom. The number of rotatable bonds is 3. The molecular formula is C63H37N3. The molecule has 0 spiro atoms. The first-order chi connectivity index (χ1) is 32.2. The Hall–Kier alpha value is -8.81. The minimum absolute atomic E-state index is 0.644. The van der Waals surface area contributed by atoms with Crippen molar-refractivity contribution >= 4 is 53.9 Å². The van der Waals surface area contributed by atoms with Crippen molar-refractivity contribution in [3.63, 3.8) is 0 Å². The van der Waals surface area contributed by atoms with Gasteiger partial charge in [0.15, 0.2) is 0 Å². The van der Waals surface area contributed by atoms with Crippen LogP contribution in [0.2, 0.25) is 0 Å². The number of hydrogen-bond donors (Lipinski definition) is 0. The average molecular weight is 836 g/mol. The molecule has 0 fully saturated rings. The Morgan fingerprint density at radius 2 is 0.652 bits per heavy atom. The van der Waals surface area contributed by atoms with E-state index in [2.05, 4.69) is 161 Å². The van der Waals surface area contributed by atoms with Gasteiger partial charge in [0.2, 0.25) is 0 Å². The second-order valence-electron chi connectivity index (χ2n) is 18.3.